The second kappa shape index (κ2) is 6.33. The minimum Gasteiger partial charge on any atom is -0.380 e. The van der Waals surface area contributed by atoms with E-state index in [0.29, 0.717) is 12.5 Å². The van der Waals surface area contributed by atoms with Gasteiger partial charge in [-0.2, -0.15) is 0 Å². The van der Waals surface area contributed by atoms with Crippen LogP contribution < -0.4 is 0 Å². The Labute approximate surface area is 131 Å². The molecule has 3 rings (SSSR count). The molecule has 0 saturated heterocycles. The molecule has 0 unspecified atom stereocenters. The molecule has 1 aliphatic rings. The van der Waals surface area contributed by atoms with Gasteiger partial charge in [0.05, 0.1) is 18.8 Å². The molecule has 4 heteroatoms. The molecular formula is C18H21N3O. The van der Waals surface area contributed by atoms with E-state index in [1.54, 1.807) is 7.11 Å². The number of rotatable bonds is 4. The number of benzene rings is 1. The summed E-state index contributed by atoms with van der Waals surface area (Å²) in [6.45, 7) is 4.81. The first kappa shape index (κ1) is 14.8. The Morgan fingerprint density at radius 2 is 2.23 bits per heavy atom. The summed E-state index contributed by atoms with van der Waals surface area (Å²) in [6, 6.07) is 6.27. The number of methoxy groups -OCH3 is 1. The van der Waals surface area contributed by atoms with E-state index in [9.17, 15) is 0 Å². The first-order chi connectivity index (χ1) is 10.7. The Morgan fingerprint density at radius 3 is 2.91 bits per heavy atom. The maximum atomic E-state index is 5.26. The highest BCUT2D eigenvalue weighted by Crippen LogP contribution is 2.28. The number of ether oxygens (including phenoxy) is 1. The predicted octanol–water partition coefficient (Wildman–Crippen LogP) is 3.05. The zero-order valence-corrected chi connectivity index (χ0v) is 13.3. The van der Waals surface area contributed by atoms with Gasteiger partial charge in [-0.3, -0.25) is 0 Å². The molecule has 1 aromatic heterocycles. The molecule has 0 aliphatic heterocycles. The summed E-state index contributed by atoms with van der Waals surface area (Å²) in [7, 11) is 1.70. The highest BCUT2D eigenvalue weighted by atomic mass is 16.5. The van der Waals surface area contributed by atoms with Crippen molar-refractivity contribution in [2.75, 3.05) is 7.11 Å². The quantitative estimate of drug-likeness (QED) is 0.814. The average molecular weight is 295 g/mol. The third-order valence-electron chi connectivity index (χ3n) is 3.89. The van der Waals surface area contributed by atoms with Crippen molar-refractivity contribution in [3.63, 3.8) is 0 Å². The van der Waals surface area contributed by atoms with Crippen molar-refractivity contribution in [3.8, 4) is 23.1 Å². The fraction of sp³-hybridized carbons (Fsp3) is 0.444. The van der Waals surface area contributed by atoms with Crippen LogP contribution in [0.15, 0.2) is 24.4 Å². The lowest BCUT2D eigenvalue weighted by Crippen LogP contribution is -2.14. The molecule has 4 nitrogen and oxygen atoms in total. The Hall–Kier alpha value is -2.12. The Kier molecular flexibility index (Phi) is 4.26. The van der Waals surface area contributed by atoms with Gasteiger partial charge in [0, 0.05) is 24.2 Å². The lowest BCUT2D eigenvalue weighted by molar-refractivity contribution is 0.0993. The SMILES string of the molecule is CO[C@@H](C)Cn1cc(-c2ccc(C#CC3CC3)cc2C)nn1. The molecule has 114 valence electrons. The monoisotopic (exact) mass is 295 g/mol. The molecule has 0 amide bonds. The van der Waals surface area contributed by atoms with Crippen LogP contribution in [0.25, 0.3) is 11.3 Å². The van der Waals surface area contributed by atoms with Crippen molar-refractivity contribution in [1.29, 1.82) is 0 Å². The van der Waals surface area contributed by atoms with Crippen molar-refractivity contribution < 1.29 is 4.74 Å². The van der Waals surface area contributed by atoms with Gasteiger partial charge in [-0.05, 0) is 44.4 Å². The van der Waals surface area contributed by atoms with Crippen LogP contribution in [0.2, 0.25) is 0 Å². The summed E-state index contributed by atoms with van der Waals surface area (Å²) < 4.78 is 7.08. The van der Waals surface area contributed by atoms with Gasteiger partial charge in [0.1, 0.15) is 5.69 Å². The van der Waals surface area contributed by atoms with E-state index in [-0.39, 0.29) is 6.10 Å². The Morgan fingerprint density at radius 1 is 1.41 bits per heavy atom. The number of aromatic nitrogens is 3. The minimum atomic E-state index is 0.121. The molecular weight excluding hydrogens is 274 g/mol. The molecule has 0 bridgehead atoms. The number of nitrogens with zero attached hydrogens (tertiary/aromatic N) is 3. The molecule has 1 fully saturated rings. The maximum Gasteiger partial charge on any atom is 0.113 e. The molecule has 0 spiro atoms. The summed E-state index contributed by atoms with van der Waals surface area (Å²) in [5.41, 5.74) is 4.25. The second-order valence-corrected chi connectivity index (χ2v) is 5.95. The molecule has 22 heavy (non-hydrogen) atoms. The van der Waals surface area contributed by atoms with E-state index in [1.165, 1.54) is 18.4 Å². The van der Waals surface area contributed by atoms with Gasteiger partial charge in [-0.1, -0.05) is 23.1 Å². The number of aryl methyl sites for hydroxylation is 1. The summed E-state index contributed by atoms with van der Waals surface area (Å²) in [4.78, 5) is 0. The second-order valence-electron chi connectivity index (χ2n) is 5.95. The zero-order valence-electron chi connectivity index (χ0n) is 13.3. The highest BCUT2D eigenvalue weighted by molar-refractivity contribution is 5.64. The van der Waals surface area contributed by atoms with E-state index >= 15 is 0 Å². The molecule has 2 aromatic rings. The lowest BCUT2D eigenvalue weighted by atomic mass is 10.0. The van der Waals surface area contributed by atoms with Crippen LogP contribution in [0.1, 0.15) is 30.9 Å². The third-order valence-corrected chi connectivity index (χ3v) is 3.89. The van der Waals surface area contributed by atoms with Crippen LogP contribution in [0.3, 0.4) is 0 Å². The fourth-order valence-corrected chi connectivity index (χ4v) is 2.29. The highest BCUT2D eigenvalue weighted by Gasteiger charge is 2.17. The van der Waals surface area contributed by atoms with E-state index in [2.05, 4.69) is 47.3 Å². The van der Waals surface area contributed by atoms with Crippen molar-refractivity contribution in [1.82, 2.24) is 15.0 Å². The van der Waals surface area contributed by atoms with Gasteiger partial charge >= 0.3 is 0 Å². The Bertz CT molecular complexity index is 719. The van der Waals surface area contributed by atoms with Gasteiger partial charge in [0.2, 0.25) is 0 Å². The largest absolute Gasteiger partial charge is 0.380 e. The van der Waals surface area contributed by atoms with Crippen molar-refractivity contribution in [2.24, 2.45) is 5.92 Å². The molecule has 1 heterocycles. The topological polar surface area (TPSA) is 39.9 Å². The van der Waals surface area contributed by atoms with Crippen LogP contribution in [0.4, 0.5) is 0 Å². The van der Waals surface area contributed by atoms with E-state index in [4.69, 9.17) is 4.74 Å². The van der Waals surface area contributed by atoms with Crippen molar-refractivity contribution >= 4 is 0 Å². The maximum absolute atomic E-state index is 5.26. The predicted molar refractivity (Wildman–Crippen MR) is 86.3 cm³/mol. The summed E-state index contributed by atoms with van der Waals surface area (Å²) in [5.74, 6) is 7.18. The molecule has 1 atom stereocenters. The standard InChI is InChI=1S/C18H21N3O/c1-13-10-16(7-6-15-4-5-15)8-9-17(13)18-12-21(20-19-18)11-14(2)22-3/h8-10,12,14-15H,4-5,11H2,1-3H3/t14-/m0/s1. The first-order valence-electron chi connectivity index (χ1n) is 7.71. The Balaban J connectivity index is 1.78. The molecule has 1 aliphatic carbocycles. The fourth-order valence-electron chi connectivity index (χ4n) is 2.29. The normalized spacial score (nSPS) is 15.2. The van der Waals surface area contributed by atoms with Crippen LogP contribution >= 0.6 is 0 Å². The van der Waals surface area contributed by atoms with Gasteiger partial charge in [-0.25, -0.2) is 4.68 Å². The summed E-state index contributed by atoms with van der Waals surface area (Å²) in [6.07, 6.45) is 4.60. The van der Waals surface area contributed by atoms with Gasteiger partial charge in [0.15, 0.2) is 0 Å². The third kappa shape index (κ3) is 3.55. The van der Waals surface area contributed by atoms with E-state index in [0.717, 1.165) is 16.8 Å². The zero-order chi connectivity index (χ0) is 15.5. The van der Waals surface area contributed by atoms with Crippen LogP contribution in [0.5, 0.6) is 0 Å². The van der Waals surface area contributed by atoms with Crippen molar-refractivity contribution in [3.05, 3.63) is 35.5 Å². The average Bonchev–Trinajstić information content (AvgIpc) is 3.24. The molecule has 0 N–H and O–H groups in total. The van der Waals surface area contributed by atoms with Crippen LogP contribution in [-0.4, -0.2) is 28.2 Å². The van der Waals surface area contributed by atoms with E-state index < -0.39 is 0 Å². The molecule has 1 saturated carbocycles. The lowest BCUT2D eigenvalue weighted by Gasteiger charge is -2.07. The summed E-state index contributed by atoms with van der Waals surface area (Å²) in [5, 5.41) is 8.44. The van der Waals surface area contributed by atoms with Gasteiger partial charge < -0.3 is 4.74 Å². The first-order valence-corrected chi connectivity index (χ1v) is 7.71. The van der Waals surface area contributed by atoms with E-state index in [1.807, 2.05) is 17.8 Å². The van der Waals surface area contributed by atoms with Crippen molar-refractivity contribution in [2.45, 2.75) is 39.3 Å². The molecule has 0 radical (unpaired) electrons. The number of hydrogen-bond donors (Lipinski definition) is 0. The van der Waals surface area contributed by atoms with Gasteiger partial charge in [0.25, 0.3) is 0 Å². The van der Waals surface area contributed by atoms with Gasteiger partial charge in [-0.15, -0.1) is 5.10 Å². The van der Waals surface area contributed by atoms with Crippen LogP contribution in [-0.2, 0) is 11.3 Å². The smallest absolute Gasteiger partial charge is 0.113 e. The molecule has 1 aromatic carbocycles. The van der Waals surface area contributed by atoms with Crippen LogP contribution in [0, 0.1) is 24.7 Å². The number of hydrogen-bond acceptors (Lipinski definition) is 3. The minimum absolute atomic E-state index is 0.121. The summed E-state index contributed by atoms with van der Waals surface area (Å²) >= 11 is 0.